The zero-order valence-corrected chi connectivity index (χ0v) is 12.1. The molecule has 1 aliphatic heterocycles. The highest BCUT2D eigenvalue weighted by Gasteiger charge is 2.52. The van der Waals surface area contributed by atoms with Crippen molar-refractivity contribution in [3.05, 3.63) is 23.5 Å². The molecule has 1 fully saturated rings. The SMILES string of the molecule is Cc1ncc(B2OC(C)(C)C(C)(C)O2)cc1C(F)(F)F. The highest BCUT2D eigenvalue weighted by atomic mass is 19.4. The Hall–Kier alpha value is -1.08. The molecule has 0 aromatic carbocycles. The van der Waals surface area contributed by atoms with Crippen LogP contribution in [0.1, 0.15) is 39.0 Å². The van der Waals surface area contributed by atoms with Gasteiger partial charge in [-0.3, -0.25) is 4.98 Å². The van der Waals surface area contributed by atoms with Gasteiger partial charge in [0.2, 0.25) is 0 Å². The lowest BCUT2D eigenvalue weighted by Crippen LogP contribution is -2.41. The van der Waals surface area contributed by atoms with Gasteiger partial charge in [0, 0.05) is 17.4 Å². The number of pyridine rings is 1. The first kappa shape index (κ1) is 15.3. The van der Waals surface area contributed by atoms with Crippen LogP contribution < -0.4 is 5.46 Å². The first-order valence-electron chi connectivity index (χ1n) is 6.33. The molecule has 7 heteroatoms. The van der Waals surface area contributed by atoms with Crippen LogP contribution in [-0.4, -0.2) is 23.3 Å². The molecule has 0 unspecified atom stereocenters. The highest BCUT2D eigenvalue weighted by molar-refractivity contribution is 6.62. The number of rotatable bonds is 1. The summed E-state index contributed by atoms with van der Waals surface area (Å²) >= 11 is 0. The van der Waals surface area contributed by atoms with Crippen LogP contribution in [0.4, 0.5) is 13.2 Å². The van der Waals surface area contributed by atoms with Gasteiger partial charge in [-0.25, -0.2) is 0 Å². The van der Waals surface area contributed by atoms with E-state index in [0.717, 1.165) is 6.07 Å². The number of alkyl halides is 3. The van der Waals surface area contributed by atoms with Gasteiger partial charge in [-0.15, -0.1) is 0 Å². The molecule has 1 aromatic heterocycles. The molecule has 0 aliphatic carbocycles. The molecule has 0 saturated carbocycles. The van der Waals surface area contributed by atoms with Gasteiger partial charge in [0.15, 0.2) is 0 Å². The van der Waals surface area contributed by atoms with Gasteiger partial charge in [-0.2, -0.15) is 13.2 Å². The van der Waals surface area contributed by atoms with Crippen molar-refractivity contribution in [1.29, 1.82) is 0 Å². The van der Waals surface area contributed by atoms with Crippen molar-refractivity contribution in [3.8, 4) is 0 Å². The fraction of sp³-hybridized carbons (Fsp3) is 0.615. The van der Waals surface area contributed by atoms with E-state index in [1.165, 1.54) is 13.1 Å². The quantitative estimate of drug-likeness (QED) is 0.744. The smallest absolute Gasteiger partial charge is 0.399 e. The normalized spacial score (nSPS) is 21.3. The third-order valence-corrected chi connectivity index (χ3v) is 3.94. The van der Waals surface area contributed by atoms with E-state index in [1.54, 1.807) is 0 Å². The summed E-state index contributed by atoms with van der Waals surface area (Å²) in [4.78, 5) is 3.81. The molecule has 1 aromatic rings. The molecule has 0 atom stereocenters. The van der Waals surface area contributed by atoms with Gasteiger partial charge in [-0.05, 0) is 40.7 Å². The van der Waals surface area contributed by atoms with Crippen molar-refractivity contribution in [2.24, 2.45) is 0 Å². The Labute approximate surface area is 116 Å². The van der Waals surface area contributed by atoms with Gasteiger partial charge >= 0.3 is 13.3 Å². The molecule has 20 heavy (non-hydrogen) atoms. The lowest BCUT2D eigenvalue weighted by molar-refractivity contribution is -0.138. The molecule has 0 N–H and O–H groups in total. The van der Waals surface area contributed by atoms with Gasteiger partial charge in [0.25, 0.3) is 0 Å². The minimum Gasteiger partial charge on any atom is -0.399 e. The first-order chi connectivity index (χ1) is 8.94. The Bertz CT molecular complexity index is 513. The van der Waals surface area contributed by atoms with E-state index in [2.05, 4.69) is 4.98 Å². The third kappa shape index (κ3) is 2.56. The molecule has 0 radical (unpaired) electrons. The zero-order valence-electron chi connectivity index (χ0n) is 12.1. The van der Waals surface area contributed by atoms with Gasteiger partial charge in [0.1, 0.15) is 0 Å². The lowest BCUT2D eigenvalue weighted by atomic mass is 9.79. The van der Waals surface area contributed by atoms with Crippen molar-refractivity contribution < 1.29 is 22.5 Å². The van der Waals surface area contributed by atoms with E-state index in [0.29, 0.717) is 0 Å². The van der Waals surface area contributed by atoms with E-state index >= 15 is 0 Å². The van der Waals surface area contributed by atoms with E-state index in [1.807, 2.05) is 27.7 Å². The summed E-state index contributed by atoms with van der Waals surface area (Å²) in [7, 11) is -0.839. The summed E-state index contributed by atoms with van der Waals surface area (Å²) in [5.74, 6) is 0. The topological polar surface area (TPSA) is 31.4 Å². The maximum Gasteiger partial charge on any atom is 0.496 e. The Balaban J connectivity index is 2.37. The highest BCUT2D eigenvalue weighted by Crippen LogP contribution is 2.37. The monoisotopic (exact) mass is 287 g/mol. The Kier molecular flexibility index (Phi) is 3.42. The number of aryl methyl sites for hydroxylation is 1. The van der Waals surface area contributed by atoms with Crippen LogP contribution in [-0.2, 0) is 15.5 Å². The Morgan fingerprint density at radius 2 is 1.60 bits per heavy atom. The van der Waals surface area contributed by atoms with E-state index in [9.17, 15) is 13.2 Å². The average molecular weight is 287 g/mol. The van der Waals surface area contributed by atoms with E-state index < -0.39 is 30.1 Å². The summed E-state index contributed by atoms with van der Waals surface area (Å²) in [5.41, 5.74) is -1.73. The molecule has 1 saturated heterocycles. The summed E-state index contributed by atoms with van der Waals surface area (Å²) in [6.45, 7) is 8.72. The number of halogens is 3. The summed E-state index contributed by atoms with van der Waals surface area (Å²) in [5, 5.41) is 0. The number of hydrogen-bond acceptors (Lipinski definition) is 3. The number of hydrogen-bond donors (Lipinski definition) is 0. The van der Waals surface area contributed by atoms with E-state index in [4.69, 9.17) is 9.31 Å². The molecule has 0 spiro atoms. The molecule has 110 valence electrons. The largest absolute Gasteiger partial charge is 0.496 e. The Morgan fingerprint density at radius 1 is 1.10 bits per heavy atom. The van der Waals surface area contributed by atoms with Crippen LogP contribution in [0.2, 0.25) is 0 Å². The third-order valence-electron chi connectivity index (χ3n) is 3.94. The fourth-order valence-electron chi connectivity index (χ4n) is 1.94. The van der Waals surface area contributed by atoms with Crippen LogP contribution in [0, 0.1) is 6.92 Å². The van der Waals surface area contributed by atoms with Crippen LogP contribution >= 0.6 is 0 Å². The first-order valence-corrected chi connectivity index (χ1v) is 6.33. The lowest BCUT2D eigenvalue weighted by Gasteiger charge is -2.32. The standard InChI is InChI=1S/C13H17BF3NO2/c1-8-10(13(15,16)17)6-9(7-18-8)14-19-11(2,3)12(4,5)20-14/h6-7H,1-5H3. The fourth-order valence-corrected chi connectivity index (χ4v) is 1.94. The van der Waals surface area contributed by atoms with Crippen molar-refractivity contribution in [1.82, 2.24) is 4.98 Å². The maximum absolute atomic E-state index is 12.9. The second-order valence-electron chi connectivity index (χ2n) is 5.99. The van der Waals surface area contributed by atoms with E-state index in [-0.39, 0.29) is 11.2 Å². The second kappa shape index (κ2) is 4.46. The summed E-state index contributed by atoms with van der Waals surface area (Å²) in [6.07, 6.45) is -3.07. The van der Waals surface area contributed by atoms with Crippen molar-refractivity contribution >= 4 is 12.6 Å². The number of nitrogens with zero attached hydrogens (tertiary/aromatic N) is 1. The second-order valence-corrected chi connectivity index (χ2v) is 5.99. The molecule has 0 amide bonds. The van der Waals surface area contributed by atoms with Crippen LogP contribution in [0.3, 0.4) is 0 Å². The molecule has 2 rings (SSSR count). The van der Waals surface area contributed by atoms with Gasteiger partial charge < -0.3 is 9.31 Å². The summed E-state index contributed by atoms with van der Waals surface area (Å²) < 4.78 is 50.2. The van der Waals surface area contributed by atoms with Crippen LogP contribution in [0.15, 0.2) is 12.3 Å². The number of aromatic nitrogens is 1. The molecule has 2 heterocycles. The maximum atomic E-state index is 12.9. The van der Waals surface area contributed by atoms with Crippen LogP contribution in [0.5, 0.6) is 0 Å². The minimum absolute atomic E-state index is 0.0576. The van der Waals surface area contributed by atoms with Gasteiger partial charge in [0.05, 0.1) is 16.8 Å². The Morgan fingerprint density at radius 3 is 2.05 bits per heavy atom. The molecule has 1 aliphatic rings. The summed E-state index contributed by atoms with van der Waals surface area (Å²) in [6, 6.07) is 1.05. The zero-order chi connectivity index (χ0) is 15.3. The van der Waals surface area contributed by atoms with Crippen LogP contribution in [0.25, 0.3) is 0 Å². The molecular weight excluding hydrogens is 270 g/mol. The minimum atomic E-state index is -4.43. The van der Waals surface area contributed by atoms with Crippen molar-refractivity contribution in [2.45, 2.75) is 52.0 Å². The van der Waals surface area contributed by atoms with Gasteiger partial charge in [-0.1, -0.05) is 0 Å². The molecule has 0 bridgehead atoms. The van der Waals surface area contributed by atoms with Crippen molar-refractivity contribution in [2.75, 3.05) is 0 Å². The molecular formula is C13H17BF3NO2. The average Bonchev–Trinajstić information content (AvgIpc) is 2.47. The van der Waals surface area contributed by atoms with Crippen molar-refractivity contribution in [3.63, 3.8) is 0 Å². The molecule has 3 nitrogen and oxygen atoms in total. The predicted octanol–water partition coefficient (Wildman–Crippen LogP) is 2.71. The predicted molar refractivity (Wildman–Crippen MR) is 69.7 cm³/mol.